The van der Waals surface area contributed by atoms with Gasteiger partial charge in [-0.05, 0) is 43.0 Å². The minimum Gasteiger partial charge on any atom is -0.317 e. The van der Waals surface area contributed by atoms with E-state index < -0.39 is 17.5 Å². The lowest BCUT2D eigenvalue weighted by Crippen LogP contribution is -2.49. The van der Waals surface area contributed by atoms with Gasteiger partial charge in [-0.15, -0.1) is 0 Å². The lowest BCUT2D eigenvalue weighted by molar-refractivity contribution is -0.144. The van der Waals surface area contributed by atoms with Gasteiger partial charge in [0.15, 0.2) is 0 Å². The molecule has 2 aliphatic rings. The Morgan fingerprint density at radius 1 is 1.10 bits per heavy atom. The smallest absolute Gasteiger partial charge is 0.268 e. The lowest BCUT2D eigenvalue weighted by atomic mass is 9.84. The number of halogens is 1. The van der Waals surface area contributed by atoms with E-state index in [9.17, 15) is 14.0 Å². The highest BCUT2D eigenvalue weighted by Gasteiger charge is 2.44. The van der Waals surface area contributed by atoms with Gasteiger partial charge in [-0.2, -0.15) is 0 Å². The van der Waals surface area contributed by atoms with Crippen molar-refractivity contribution in [1.29, 1.82) is 0 Å². The Morgan fingerprint density at radius 3 is 2.38 bits per heavy atom. The number of carbonyl (C=O) groups is 2. The summed E-state index contributed by atoms with van der Waals surface area (Å²) >= 11 is 0. The molecular formula is C16H19FN2O2. The normalized spacial score (nSPS) is 27.5. The average Bonchev–Trinajstić information content (AvgIpc) is 2.52. The minimum absolute atomic E-state index is 0.0400. The second kappa shape index (κ2) is 5.56. The van der Waals surface area contributed by atoms with Crippen molar-refractivity contribution in [2.75, 3.05) is 13.1 Å². The highest BCUT2D eigenvalue weighted by Crippen LogP contribution is 2.35. The first-order valence-corrected chi connectivity index (χ1v) is 7.44. The van der Waals surface area contributed by atoms with Crippen molar-refractivity contribution in [3.8, 4) is 0 Å². The fourth-order valence-corrected chi connectivity index (χ4v) is 3.14. The molecule has 1 aromatic carbocycles. The number of carbonyl (C=O) groups excluding carboxylic acids is 2. The zero-order chi connectivity index (χ0) is 14.9. The maximum absolute atomic E-state index is 14.9. The van der Waals surface area contributed by atoms with Crippen LogP contribution in [0.4, 0.5) is 4.39 Å². The SMILES string of the molecule is O=C1CCC(F)(c2ccc(C3CCNCC3)cc2)C(=O)N1. The number of piperidine rings is 2. The molecule has 0 saturated carbocycles. The highest BCUT2D eigenvalue weighted by atomic mass is 19.1. The van der Waals surface area contributed by atoms with Gasteiger partial charge >= 0.3 is 0 Å². The second-order valence-corrected chi connectivity index (χ2v) is 5.82. The van der Waals surface area contributed by atoms with E-state index in [-0.39, 0.29) is 12.8 Å². The molecule has 1 atom stereocenters. The summed E-state index contributed by atoms with van der Waals surface area (Å²) in [4.78, 5) is 22.9. The molecule has 1 aromatic rings. The molecule has 2 N–H and O–H groups in total. The Bertz CT molecular complexity index is 552. The number of amides is 2. The summed E-state index contributed by atoms with van der Waals surface area (Å²) in [6, 6.07) is 7.20. The maximum Gasteiger partial charge on any atom is 0.268 e. The highest BCUT2D eigenvalue weighted by molar-refractivity contribution is 6.02. The maximum atomic E-state index is 14.9. The Labute approximate surface area is 123 Å². The number of hydrogen-bond donors (Lipinski definition) is 2. The molecule has 0 aliphatic carbocycles. The molecule has 2 saturated heterocycles. The van der Waals surface area contributed by atoms with Crippen LogP contribution in [0.25, 0.3) is 0 Å². The largest absolute Gasteiger partial charge is 0.317 e. The van der Waals surface area contributed by atoms with Gasteiger partial charge in [-0.3, -0.25) is 14.9 Å². The fourth-order valence-electron chi connectivity index (χ4n) is 3.14. The molecule has 0 aromatic heterocycles. The number of benzene rings is 1. The van der Waals surface area contributed by atoms with E-state index >= 15 is 0 Å². The van der Waals surface area contributed by atoms with Crippen molar-refractivity contribution in [3.05, 3.63) is 35.4 Å². The third-order valence-electron chi connectivity index (χ3n) is 4.49. The van der Waals surface area contributed by atoms with Crippen LogP contribution in [0.1, 0.15) is 42.7 Å². The zero-order valence-corrected chi connectivity index (χ0v) is 11.8. The monoisotopic (exact) mass is 290 g/mol. The second-order valence-electron chi connectivity index (χ2n) is 5.82. The van der Waals surface area contributed by atoms with Gasteiger partial charge in [0.1, 0.15) is 0 Å². The molecule has 2 aliphatic heterocycles. The van der Waals surface area contributed by atoms with Crippen molar-refractivity contribution in [2.24, 2.45) is 0 Å². The molecule has 112 valence electrons. The van der Waals surface area contributed by atoms with E-state index in [1.165, 1.54) is 5.56 Å². The van der Waals surface area contributed by atoms with Gasteiger partial charge in [-0.1, -0.05) is 24.3 Å². The van der Waals surface area contributed by atoms with Crippen LogP contribution in [0.15, 0.2) is 24.3 Å². The number of rotatable bonds is 2. The Kier molecular flexibility index (Phi) is 3.76. The van der Waals surface area contributed by atoms with E-state index in [0.717, 1.165) is 25.9 Å². The summed E-state index contributed by atoms with van der Waals surface area (Å²) < 4.78 is 14.9. The molecule has 2 amide bonds. The van der Waals surface area contributed by atoms with Gasteiger partial charge < -0.3 is 5.32 Å². The van der Waals surface area contributed by atoms with Crippen molar-refractivity contribution < 1.29 is 14.0 Å². The van der Waals surface area contributed by atoms with E-state index in [1.54, 1.807) is 12.1 Å². The summed E-state index contributed by atoms with van der Waals surface area (Å²) in [6.45, 7) is 2.01. The molecule has 0 radical (unpaired) electrons. The summed E-state index contributed by atoms with van der Waals surface area (Å²) in [5.74, 6) is -0.745. The van der Waals surface area contributed by atoms with Gasteiger partial charge in [0.25, 0.3) is 5.91 Å². The summed E-state index contributed by atoms with van der Waals surface area (Å²) in [6.07, 6.45) is 2.12. The number of alkyl halides is 1. The van der Waals surface area contributed by atoms with Crippen LogP contribution in [0.3, 0.4) is 0 Å². The number of nitrogens with one attached hydrogen (secondary N) is 2. The standard InChI is InChI=1S/C16H19FN2O2/c17-16(8-5-14(20)19-15(16)21)13-3-1-11(2-4-13)12-6-9-18-10-7-12/h1-4,12,18H,5-10H2,(H,19,20,21). The van der Waals surface area contributed by atoms with Gasteiger partial charge in [0.05, 0.1) is 0 Å². The molecule has 1 unspecified atom stereocenters. The van der Waals surface area contributed by atoms with Crippen LogP contribution >= 0.6 is 0 Å². The van der Waals surface area contributed by atoms with E-state index in [2.05, 4.69) is 10.6 Å². The van der Waals surface area contributed by atoms with Crippen molar-refractivity contribution in [3.63, 3.8) is 0 Å². The van der Waals surface area contributed by atoms with Gasteiger partial charge in [0, 0.05) is 12.8 Å². The fraction of sp³-hybridized carbons (Fsp3) is 0.500. The molecule has 3 rings (SSSR count). The number of imide groups is 1. The first kappa shape index (κ1) is 14.2. The average molecular weight is 290 g/mol. The predicted octanol–water partition coefficient (Wildman–Crippen LogP) is 1.75. The van der Waals surface area contributed by atoms with Crippen LogP contribution in [-0.4, -0.2) is 24.9 Å². The molecule has 5 heteroatoms. The van der Waals surface area contributed by atoms with Gasteiger partial charge in [0.2, 0.25) is 11.6 Å². The van der Waals surface area contributed by atoms with Gasteiger partial charge in [-0.25, -0.2) is 4.39 Å². The molecular weight excluding hydrogens is 271 g/mol. The third kappa shape index (κ3) is 2.70. The minimum atomic E-state index is -2.08. The number of hydrogen-bond acceptors (Lipinski definition) is 3. The molecule has 21 heavy (non-hydrogen) atoms. The van der Waals surface area contributed by atoms with Crippen molar-refractivity contribution in [1.82, 2.24) is 10.6 Å². The zero-order valence-electron chi connectivity index (χ0n) is 11.8. The summed E-state index contributed by atoms with van der Waals surface area (Å²) in [5.41, 5.74) is -0.554. The predicted molar refractivity (Wildman–Crippen MR) is 76.5 cm³/mol. The molecule has 0 bridgehead atoms. The third-order valence-corrected chi connectivity index (χ3v) is 4.49. The van der Waals surface area contributed by atoms with Crippen LogP contribution in [0.2, 0.25) is 0 Å². The Morgan fingerprint density at radius 2 is 1.76 bits per heavy atom. The summed E-state index contributed by atoms with van der Waals surface area (Å²) in [7, 11) is 0. The quantitative estimate of drug-likeness (QED) is 0.816. The van der Waals surface area contributed by atoms with Crippen molar-refractivity contribution >= 4 is 11.8 Å². The lowest BCUT2D eigenvalue weighted by Gasteiger charge is -2.29. The molecule has 2 heterocycles. The summed E-state index contributed by atoms with van der Waals surface area (Å²) in [5, 5.41) is 5.40. The topological polar surface area (TPSA) is 58.2 Å². The first-order valence-electron chi connectivity index (χ1n) is 7.44. The molecule has 0 spiro atoms. The van der Waals surface area contributed by atoms with Crippen LogP contribution in [0.5, 0.6) is 0 Å². The van der Waals surface area contributed by atoms with Crippen LogP contribution in [0, 0.1) is 0 Å². The van der Waals surface area contributed by atoms with Crippen LogP contribution in [-0.2, 0) is 15.3 Å². The van der Waals surface area contributed by atoms with Crippen molar-refractivity contribution in [2.45, 2.75) is 37.3 Å². The Balaban J connectivity index is 1.80. The Hall–Kier alpha value is -1.75. The van der Waals surface area contributed by atoms with E-state index in [0.29, 0.717) is 11.5 Å². The van der Waals surface area contributed by atoms with Crippen LogP contribution < -0.4 is 10.6 Å². The van der Waals surface area contributed by atoms with E-state index in [1.807, 2.05) is 12.1 Å². The molecule has 4 nitrogen and oxygen atoms in total. The van der Waals surface area contributed by atoms with E-state index in [4.69, 9.17) is 0 Å². The first-order chi connectivity index (χ1) is 10.1. The molecule has 2 fully saturated rings.